The van der Waals surface area contributed by atoms with Crippen molar-refractivity contribution < 1.29 is 0 Å². The second-order valence-electron chi connectivity index (χ2n) is 5.40. The van der Waals surface area contributed by atoms with Crippen LogP contribution in [-0.2, 0) is 6.54 Å². The monoisotopic (exact) mass is 272 g/mol. The second kappa shape index (κ2) is 5.73. The molecule has 0 spiro atoms. The molecular formula is C15H20N4O. The van der Waals surface area contributed by atoms with Crippen molar-refractivity contribution in [2.24, 2.45) is 0 Å². The van der Waals surface area contributed by atoms with Crippen LogP contribution >= 0.6 is 0 Å². The number of rotatable bonds is 2. The summed E-state index contributed by atoms with van der Waals surface area (Å²) >= 11 is 0. The topological polar surface area (TPSA) is 49.6 Å². The molecule has 5 heteroatoms. The van der Waals surface area contributed by atoms with Crippen molar-refractivity contribution >= 4 is 5.65 Å². The number of fused-ring (bicyclic) bond motifs is 1. The lowest BCUT2D eigenvalue weighted by Gasteiger charge is -2.18. The summed E-state index contributed by atoms with van der Waals surface area (Å²) in [6.07, 6.45) is 2.98. The molecule has 1 N–H and O–H groups in total. The van der Waals surface area contributed by atoms with Crippen LogP contribution in [0.2, 0.25) is 0 Å². The molecule has 0 aromatic carbocycles. The molecule has 20 heavy (non-hydrogen) atoms. The predicted octanol–water partition coefficient (Wildman–Crippen LogP) is 0.798. The van der Waals surface area contributed by atoms with Gasteiger partial charge in [-0.05, 0) is 38.1 Å². The van der Waals surface area contributed by atoms with Crippen molar-refractivity contribution in [1.29, 1.82) is 0 Å². The van der Waals surface area contributed by atoms with Crippen molar-refractivity contribution in [3.63, 3.8) is 0 Å². The highest BCUT2D eigenvalue weighted by atomic mass is 16.1. The fraction of sp³-hybridized carbons (Fsp3) is 0.467. The number of aromatic nitrogens is 2. The molecule has 3 rings (SSSR count). The Hall–Kier alpha value is -1.72. The fourth-order valence-electron chi connectivity index (χ4n) is 2.63. The van der Waals surface area contributed by atoms with Gasteiger partial charge in [-0.2, -0.15) is 0 Å². The Bertz CT molecular complexity index is 656. The van der Waals surface area contributed by atoms with Crippen molar-refractivity contribution in [2.75, 3.05) is 26.2 Å². The molecule has 0 atom stereocenters. The Labute approximate surface area is 118 Å². The molecule has 5 nitrogen and oxygen atoms in total. The molecule has 0 aliphatic carbocycles. The lowest BCUT2D eigenvalue weighted by Crippen LogP contribution is -2.29. The van der Waals surface area contributed by atoms with Crippen LogP contribution in [-0.4, -0.2) is 40.5 Å². The van der Waals surface area contributed by atoms with Crippen LogP contribution in [0.5, 0.6) is 0 Å². The Morgan fingerprint density at radius 3 is 3.10 bits per heavy atom. The van der Waals surface area contributed by atoms with Gasteiger partial charge in [-0.15, -0.1) is 0 Å². The molecule has 1 aliphatic heterocycles. The van der Waals surface area contributed by atoms with Gasteiger partial charge in [0, 0.05) is 31.9 Å². The number of nitrogens with zero attached hydrogens (tertiary/aromatic N) is 3. The van der Waals surface area contributed by atoms with E-state index in [-0.39, 0.29) is 5.56 Å². The first-order chi connectivity index (χ1) is 9.72. The highest BCUT2D eigenvalue weighted by Crippen LogP contribution is 2.06. The van der Waals surface area contributed by atoms with Crippen molar-refractivity contribution in [3.8, 4) is 0 Å². The maximum atomic E-state index is 12.2. The Morgan fingerprint density at radius 2 is 2.20 bits per heavy atom. The molecule has 2 aromatic heterocycles. The molecule has 3 heterocycles. The Kier molecular flexibility index (Phi) is 3.80. The molecule has 1 aliphatic rings. The van der Waals surface area contributed by atoms with E-state index in [4.69, 9.17) is 0 Å². The highest BCUT2D eigenvalue weighted by Gasteiger charge is 2.11. The maximum Gasteiger partial charge on any atom is 0.258 e. The van der Waals surface area contributed by atoms with Gasteiger partial charge in [-0.25, -0.2) is 4.98 Å². The van der Waals surface area contributed by atoms with E-state index in [1.165, 1.54) is 0 Å². The predicted molar refractivity (Wildman–Crippen MR) is 79.0 cm³/mol. The van der Waals surface area contributed by atoms with Gasteiger partial charge >= 0.3 is 0 Å². The van der Waals surface area contributed by atoms with Gasteiger partial charge in [-0.3, -0.25) is 14.1 Å². The molecule has 2 aromatic rings. The summed E-state index contributed by atoms with van der Waals surface area (Å²) in [5, 5.41) is 3.38. The summed E-state index contributed by atoms with van der Waals surface area (Å²) in [7, 11) is 0. The van der Waals surface area contributed by atoms with Crippen LogP contribution in [0.15, 0.2) is 29.2 Å². The van der Waals surface area contributed by atoms with Crippen LogP contribution in [0.4, 0.5) is 0 Å². The zero-order chi connectivity index (χ0) is 13.9. The molecule has 0 amide bonds. The van der Waals surface area contributed by atoms with E-state index in [1.807, 2.05) is 25.3 Å². The lowest BCUT2D eigenvalue weighted by atomic mass is 10.3. The molecule has 0 radical (unpaired) electrons. The van der Waals surface area contributed by atoms with Crippen LogP contribution in [0.3, 0.4) is 0 Å². The van der Waals surface area contributed by atoms with Crippen molar-refractivity contribution in [2.45, 2.75) is 19.9 Å². The first-order valence-corrected chi connectivity index (χ1v) is 7.14. The number of hydrogen-bond acceptors (Lipinski definition) is 4. The fourth-order valence-corrected chi connectivity index (χ4v) is 2.63. The van der Waals surface area contributed by atoms with Crippen molar-refractivity contribution in [3.05, 3.63) is 46.0 Å². The van der Waals surface area contributed by atoms with Crippen LogP contribution < -0.4 is 10.9 Å². The molecule has 106 valence electrons. The zero-order valence-corrected chi connectivity index (χ0v) is 11.8. The van der Waals surface area contributed by atoms with Crippen LogP contribution in [0.25, 0.3) is 5.65 Å². The Balaban J connectivity index is 1.88. The summed E-state index contributed by atoms with van der Waals surface area (Å²) in [4.78, 5) is 19.1. The number of hydrogen-bond donors (Lipinski definition) is 1. The SMILES string of the molecule is Cc1ccc2nc(CN3CCCNCC3)cc(=O)n2c1. The van der Waals surface area contributed by atoms with Crippen LogP contribution in [0.1, 0.15) is 17.7 Å². The quantitative estimate of drug-likeness (QED) is 0.878. The maximum absolute atomic E-state index is 12.2. The zero-order valence-electron chi connectivity index (χ0n) is 11.8. The average Bonchev–Trinajstić information content (AvgIpc) is 2.68. The van der Waals surface area contributed by atoms with E-state index in [1.54, 1.807) is 10.5 Å². The third-order valence-electron chi connectivity index (χ3n) is 3.68. The lowest BCUT2D eigenvalue weighted by molar-refractivity contribution is 0.281. The van der Waals surface area contributed by atoms with E-state index >= 15 is 0 Å². The van der Waals surface area contributed by atoms with Gasteiger partial charge in [0.1, 0.15) is 5.65 Å². The minimum absolute atomic E-state index is 0.00152. The van der Waals surface area contributed by atoms with Crippen molar-refractivity contribution in [1.82, 2.24) is 19.6 Å². The molecule has 0 bridgehead atoms. The number of nitrogens with one attached hydrogen (secondary N) is 1. The van der Waals surface area contributed by atoms with Gasteiger partial charge in [0.05, 0.1) is 5.69 Å². The summed E-state index contributed by atoms with van der Waals surface area (Å²) in [6.45, 7) is 6.87. The number of pyridine rings is 1. The Morgan fingerprint density at radius 1 is 1.30 bits per heavy atom. The average molecular weight is 272 g/mol. The van der Waals surface area contributed by atoms with Crippen LogP contribution in [0, 0.1) is 6.92 Å². The second-order valence-corrected chi connectivity index (χ2v) is 5.40. The molecule has 1 fully saturated rings. The smallest absolute Gasteiger partial charge is 0.258 e. The minimum Gasteiger partial charge on any atom is -0.315 e. The third-order valence-corrected chi connectivity index (χ3v) is 3.68. The largest absolute Gasteiger partial charge is 0.315 e. The van der Waals surface area contributed by atoms with Gasteiger partial charge in [0.25, 0.3) is 5.56 Å². The minimum atomic E-state index is 0.00152. The van der Waals surface area contributed by atoms with E-state index in [2.05, 4.69) is 15.2 Å². The van der Waals surface area contributed by atoms with Gasteiger partial charge in [0.15, 0.2) is 0 Å². The number of aryl methyl sites for hydroxylation is 1. The first kappa shape index (κ1) is 13.3. The summed E-state index contributed by atoms with van der Waals surface area (Å²) in [6, 6.07) is 5.55. The van der Waals surface area contributed by atoms with E-state index in [0.717, 1.165) is 56.0 Å². The van der Waals surface area contributed by atoms with Gasteiger partial charge < -0.3 is 5.32 Å². The van der Waals surface area contributed by atoms with E-state index in [0.29, 0.717) is 0 Å². The van der Waals surface area contributed by atoms with Gasteiger partial charge in [0.2, 0.25) is 0 Å². The normalized spacial score (nSPS) is 17.2. The summed E-state index contributed by atoms with van der Waals surface area (Å²) in [5.41, 5.74) is 2.65. The molecular weight excluding hydrogens is 252 g/mol. The molecule has 1 saturated heterocycles. The summed E-state index contributed by atoms with van der Waals surface area (Å²) in [5.74, 6) is 0. The summed E-state index contributed by atoms with van der Waals surface area (Å²) < 4.78 is 1.61. The van der Waals surface area contributed by atoms with E-state index < -0.39 is 0 Å². The van der Waals surface area contributed by atoms with E-state index in [9.17, 15) is 4.79 Å². The third kappa shape index (κ3) is 2.89. The van der Waals surface area contributed by atoms with Gasteiger partial charge in [-0.1, -0.05) is 6.07 Å². The highest BCUT2D eigenvalue weighted by molar-refractivity contribution is 5.39. The molecule has 0 unspecified atom stereocenters. The standard InChI is InChI=1S/C15H20N4O/c1-12-3-4-14-17-13(9-15(20)19(14)10-12)11-18-7-2-5-16-6-8-18/h3-4,9-10,16H,2,5-8,11H2,1H3. The molecule has 0 saturated carbocycles. The first-order valence-electron chi connectivity index (χ1n) is 7.14.